The molecule has 0 spiro atoms. The second-order valence-corrected chi connectivity index (χ2v) is 5.07. The average molecular weight is 293 g/mol. The third kappa shape index (κ3) is 2.79. The van der Waals surface area contributed by atoms with Gasteiger partial charge in [-0.1, -0.05) is 0 Å². The maximum absolute atomic E-state index is 13.8. The van der Waals surface area contributed by atoms with Gasteiger partial charge in [-0.05, 0) is 39.0 Å². The van der Waals surface area contributed by atoms with Crippen molar-refractivity contribution >= 4 is 5.91 Å². The van der Waals surface area contributed by atoms with E-state index in [1.807, 2.05) is 0 Å². The van der Waals surface area contributed by atoms with Crippen LogP contribution in [0.1, 0.15) is 40.3 Å². The molecule has 0 saturated carbocycles. The Kier molecular flexibility index (Phi) is 4.06. The monoisotopic (exact) mass is 293 g/mol. The molecule has 1 N–H and O–H groups in total. The first-order valence-electron chi connectivity index (χ1n) is 6.56. The zero-order chi connectivity index (χ0) is 15.7. The highest BCUT2D eigenvalue weighted by Gasteiger charge is 2.25. The molecule has 1 aromatic carbocycles. The molecule has 0 saturated heterocycles. The molecular formula is C15H17F2N3O. The van der Waals surface area contributed by atoms with Gasteiger partial charge in [-0.2, -0.15) is 5.10 Å². The maximum Gasteiger partial charge on any atom is 0.257 e. The highest BCUT2D eigenvalue weighted by molar-refractivity contribution is 5.96. The van der Waals surface area contributed by atoms with Gasteiger partial charge in [-0.15, -0.1) is 0 Å². The minimum Gasteiger partial charge on any atom is -0.335 e. The number of H-pyrrole nitrogens is 1. The predicted octanol–water partition coefficient (Wildman–Crippen LogP) is 3.14. The minimum absolute atomic E-state index is 0.143. The lowest BCUT2D eigenvalue weighted by Gasteiger charge is -2.26. The Morgan fingerprint density at radius 1 is 1.33 bits per heavy atom. The average Bonchev–Trinajstić information content (AvgIpc) is 2.78. The SMILES string of the molecule is Cc1n[nH]c(C)c1C(=O)N(C)C(C)c1cc(F)ccc1F. The summed E-state index contributed by atoms with van der Waals surface area (Å²) in [6.07, 6.45) is 0. The van der Waals surface area contributed by atoms with Crippen LogP contribution in [0.2, 0.25) is 0 Å². The first-order chi connectivity index (χ1) is 9.82. The molecule has 2 aromatic rings. The van der Waals surface area contributed by atoms with Crippen molar-refractivity contribution in [1.29, 1.82) is 0 Å². The van der Waals surface area contributed by atoms with Crippen molar-refractivity contribution in [1.82, 2.24) is 15.1 Å². The van der Waals surface area contributed by atoms with Gasteiger partial charge in [0.25, 0.3) is 5.91 Å². The zero-order valence-electron chi connectivity index (χ0n) is 12.4. The van der Waals surface area contributed by atoms with Gasteiger partial charge in [0.1, 0.15) is 11.6 Å². The Bertz CT molecular complexity index is 662. The minimum atomic E-state index is -0.595. The van der Waals surface area contributed by atoms with Crippen molar-refractivity contribution < 1.29 is 13.6 Å². The number of aromatic amines is 1. The topological polar surface area (TPSA) is 49.0 Å². The molecule has 1 aromatic heterocycles. The number of halogens is 2. The summed E-state index contributed by atoms with van der Waals surface area (Å²) in [5, 5.41) is 6.72. The standard InChI is InChI=1S/C15H17F2N3O/c1-8-14(9(2)19-18-8)15(21)20(4)10(3)12-7-11(16)5-6-13(12)17/h5-7,10H,1-4H3,(H,18,19). The van der Waals surface area contributed by atoms with Crippen LogP contribution in [-0.4, -0.2) is 28.1 Å². The number of nitrogens with one attached hydrogen (secondary N) is 1. The molecular weight excluding hydrogens is 276 g/mol. The van der Waals surface area contributed by atoms with Gasteiger partial charge >= 0.3 is 0 Å². The molecule has 1 atom stereocenters. The Hall–Kier alpha value is -2.24. The highest BCUT2D eigenvalue weighted by atomic mass is 19.1. The van der Waals surface area contributed by atoms with E-state index in [1.54, 1.807) is 27.8 Å². The molecule has 0 radical (unpaired) electrons. The Balaban J connectivity index is 2.33. The van der Waals surface area contributed by atoms with E-state index in [0.717, 1.165) is 18.2 Å². The summed E-state index contributed by atoms with van der Waals surface area (Å²) in [6.45, 7) is 5.12. The molecule has 0 aliphatic heterocycles. The van der Waals surface area contributed by atoms with Crippen LogP contribution in [-0.2, 0) is 0 Å². The number of aromatic nitrogens is 2. The predicted molar refractivity (Wildman–Crippen MR) is 74.9 cm³/mol. The van der Waals surface area contributed by atoms with Crippen LogP contribution in [0.4, 0.5) is 8.78 Å². The zero-order valence-corrected chi connectivity index (χ0v) is 12.4. The first-order valence-corrected chi connectivity index (χ1v) is 6.56. The molecule has 0 bridgehead atoms. The quantitative estimate of drug-likeness (QED) is 0.945. The molecule has 112 valence electrons. The van der Waals surface area contributed by atoms with Crippen LogP contribution >= 0.6 is 0 Å². The summed E-state index contributed by atoms with van der Waals surface area (Å²) >= 11 is 0. The highest BCUT2D eigenvalue weighted by Crippen LogP contribution is 2.25. The smallest absolute Gasteiger partial charge is 0.257 e. The third-order valence-electron chi connectivity index (χ3n) is 3.65. The van der Waals surface area contributed by atoms with Crippen LogP contribution in [0.3, 0.4) is 0 Å². The van der Waals surface area contributed by atoms with Crippen LogP contribution in [0.15, 0.2) is 18.2 Å². The molecule has 0 fully saturated rings. The second kappa shape index (κ2) is 5.63. The Morgan fingerprint density at radius 2 is 2.00 bits per heavy atom. The van der Waals surface area contributed by atoms with Crippen molar-refractivity contribution in [3.8, 4) is 0 Å². The second-order valence-electron chi connectivity index (χ2n) is 5.07. The number of aryl methyl sites for hydroxylation is 2. The lowest BCUT2D eigenvalue weighted by Crippen LogP contribution is -2.31. The summed E-state index contributed by atoms with van der Waals surface area (Å²) in [7, 11) is 1.56. The van der Waals surface area contributed by atoms with E-state index in [1.165, 1.54) is 4.90 Å². The number of benzene rings is 1. The molecule has 1 heterocycles. The Morgan fingerprint density at radius 3 is 2.57 bits per heavy atom. The van der Waals surface area contributed by atoms with Crippen LogP contribution in [0.5, 0.6) is 0 Å². The van der Waals surface area contributed by atoms with Crippen LogP contribution in [0.25, 0.3) is 0 Å². The van der Waals surface area contributed by atoms with E-state index >= 15 is 0 Å². The van der Waals surface area contributed by atoms with Gasteiger partial charge in [0.2, 0.25) is 0 Å². The van der Waals surface area contributed by atoms with Gasteiger partial charge in [0.05, 0.1) is 17.3 Å². The molecule has 2 rings (SSSR count). The largest absolute Gasteiger partial charge is 0.335 e. The molecule has 6 heteroatoms. The Labute approximate surface area is 121 Å². The van der Waals surface area contributed by atoms with Crippen molar-refractivity contribution in [3.63, 3.8) is 0 Å². The van der Waals surface area contributed by atoms with Gasteiger partial charge in [0.15, 0.2) is 0 Å². The molecule has 4 nitrogen and oxygen atoms in total. The summed E-state index contributed by atoms with van der Waals surface area (Å²) in [5.74, 6) is -1.35. The van der Waals surface area contributed by atoms with E-state index < -0.39 is 17.7 Å². The lowest BCUT2D eigenvalue weighted by molar-refractivity contribution is 0.0739. The van der Waals surface area contributed by atoms with E-state index in [0.29, 0.717) is 17.0 Å². The maximum atomic E-state index is 13.8. The number of carbonyl (C=O) groups excluding carboxylic acids is 1. The fourth-order valence-electron chi connectivity index (χ4n) is 2.26. The lowest BCUT2D eigenvalue weighted by atomic mass is 10.0. The molecule has 0 aliphatic rings. The number of hydrogen-bond acceptors (Lipinski definition) is 2. The van der Waals surface area contributed by atoms with E-state index in [2.05, 4.69) is 10.2 Å². The third-order valence-corrected chi connectivity index (χ3v) is 3.65. The van der Waals surface area contributed by atoms with E-state index in [-0.39, 0.29) is 11.5 Å². The van der Waals surface area contributed by atoms with Gasteiger partial charge < -0.3 is 4.90 Å². The number of nitrogens with zero attached hydrogens (tertiary/aromatic N) is 2. The van der Waals surface area contributed by atoms with Crippen molar-refractivity contribution in [2.45, 2.75) is 26.8 Å². The normalized spacial score (nSPS) is 12.3. The summed E-state index contributed by atoms with van der Waals surface area (Å²) in [5.41, 5.74) is 1.83. The number of carbonyl (C=O) groups is 1. The number of amides is 1. The summed E-state index contributed by atoms with van der Waals surface area (Å²) in [4.78, 5) is 13.9. The number of hydrogen-bond donors (Lipinski definition) is 1. The van der Waals surface area contributed by atoms with Crippen LogP contribution < -0.4 is 0 Å². The van der Waals surface area contributed by atoms with Crippen LogP contribution in [0, 0.1) is 25.5 Å². The van der Waals surface area contributed by atoms with Gasteiger partial charge in [0, 0.05) is 18.3 Å². The van der Waals surface area contributed by atoms with E-state index in [9.17, 15) is 13.6 Å². The first kappa shape index (κ1) is 15.2. The van der Waals surface area contributed by atoms with Crippen molar-refractivity contribution in [2.75, 3.05) is 7.05 Å². The fourth-order valence-corrected chi connectivity index (χ4v) is 2.26. The van der Waals surface area contributed by atoms with Gasteiger partial charge in [-0.25, -0.2) is 8.78 Å². The summed E-state index contributed by atoms with van der Waals surface area (Å²) in [6, 6.07) is 2.63. The number of rotatable bonds is 3. The molecule has 1 unspecified atom stereocenters. The molecule has 1 amide bonds. The van der Waals surface area contributed by atoms with Crippen molar-refractivity contribution in [3.05, 3.63) is 52.3 Å². The van der Waals surface area contributed by atoms with Crippen molar-refractivity contribution in [2.24, 2.45) is 0 Å². The molecule has 21 heavy (non-hydrogen) atoms. The van der Waals surface area contributed by atoms with Gasteiger partial charge in [-0.3, -0.25) is 9.89 Å². The fraction of sp³-hybridized carbons (Fsp3) is 0.333. The summed E-state index contributed by atoms with van der Waals surface area (Å²) < 4.78 is 27.1. The molecule has 0 aliphatic carbocycles. The van der Waals surface area contributed by atoms with E-state index in [4.69, 9.17) is 0 Å².